The minimum atomic E-state index is -0.800. The highest BCUT2D eigenvalue weighted by atomic mass is 16.5. The van der Waals surface area contributed by atoms with E-state index in [1.54, 1.807) is 42.5 Å². The number of carbonyl (C=O) groups is 3. The van der Waals surface area contributed by atoms with Crippen LogP contribution in [0.3, 0.4) is 0 Å². The lowest BCUT2D eigenvalue weighted by atomic mass is 10.1. The van der Waals surface area contributed by atoms with Gasteiger partial charge in [0, 0.05) is 5.56 Å². The van der Waals surface area contributed by atoms with E-state index in [9.17, 15) is 14.4 Å². The van der Waals surface area contributed by atoms with Crippen molar-refractivity contribution >= 4 is 29.6 Å². The molecule has 4 rings (SSSR count). The third-order valence-corrected chi connectivity index (χ3v) is 6.15. The third kappa shape index (κ3) is 6.06. The topological polar surface area (TPSA) is 84.9 Å². The average molecular weight is 499 g/mol. The SMILES string of the molecule is CCCCOc1ccc(N2C(=O)NC(=O)/C(=C/c3ccccc3OCc3ccc(C)c(C)c3)C2=O)cc1. The Morgan fingerprint density at radius 2 is 1.65 bits per heavy atom. The molecule has 0 spiro atoms. The Bertz CT molecular complexity index is 1340. The van der Waals surface area contributed by atoms with E-state index in [0.29, 0.717) is 36.0 Å². The van der Waals surface area contributed by atoms with Gasteiger partial charge in [-0.2, -0.15) is 0 Å². The maximum Gasteiger partial charge on any atom is 0.335 e. The van der Waals surface area contributed by atoms with E-state index >= 15 is 0 Å². The van der Waals surface area contributed by atoms with Crippen LogP contribution < -0.4 is 19.7 Å². The molecule has 3 aromatic carbocycles. The monoisotopic (exact) mass is 498 g/mol. The van der Waals surface area contributed by atoms with Crippen molar-refractivity contribution in [2.45, 2.75) is 40.2 Å². The number of imide groups is 2. The largest absolute Gasteiger partial charge is 0.494 e. The molecular formula is C30H30N2O5. The molecule has 1 heterocycles. The number of benzene rings is 3. The summed E-state index contributed by atoms with van der Waals surface area (Å²) in [5.41, 5.74) is 4.11. The van der Waals surface area contributed by atoms with Gasteiger partial charge in [-0.1, -0.05) is 49.7 Å². The van der Waals surface area contributed by atoms with Crippen molar-refractivity contribution in [2.75, 3.05) is 11.5 Å². The summed E-state index contributed by atoms with van der Waals surface area (Å²) in [6, 6.07) is 19.1. The Labute approximate surface area is 216 Å². The van der Waals surface area contributed by atoms with E-state index in [2.05, 4.69) is 25.2 Å². The van der Waals surface area contributed by atoms with Gasteiger partial charge < -0.3 is 9.47 Å². The van der Waals surface area contributed by atoms with Gasteiger partial charge in [0.2, 0.25) is 0 Å². The van der Waals surface area contributed by atoms with Crippen molar-refractivity contribution in [3.8, 4) is 11.5 Å². The highest BCUT2D eigenvalue weighted by Crippen LogP contribution is 2.27. The number of urea groups is 1. The fourth-order valence-corrected chi connectivity index (χ4v) is 3.86. The van der Waals surface area contributed by atoms with Crippen molar-refractivity contribution in [3.63, 3.8) is 0 Å². The maximum atomic E-state index is 13.3. The Balaban J connectivity index is 1.56. The van der Waals surface area contributed by atoms with E-state index in [1.165, 1.54) is 17.2 Å². The van der Waals surface area contributed by atoms with Gasteiger partial charge in [-0.05, 0) is 73.4 Å². The fraction of sp³-hybridized carbons (Fsp3) is 0.233. The van der Waals surface area contributed by atoms with Crippen molar-refractivity contribution < 1.29 is 23.9 Å². The normalized spacial score (nSPS) is 14.6. The lowest BCUT2D eigenvalue weighted by molar-refractivity contribution is -0.122. The molecule has 1 aliphatic rings. The summed E-state index contributed by atoms with van der Waals surface area (Å²) >= 11 is 0. The second kappa shape index (κ2) is 11.6. The van der Waals surface area contributed by atoms with Crippen LogP contribution in [0.4, 0.5) is 10.5 Å². The maximum absolute atomic E-state index is 13.3. The summed E-state index contributed by atoms with van der Waals surface area (Å²) in [4.78, 5) is 39.5. The van der Waals surface area contributed by atoms with Crippen LogP contribution in [0.25, 0.3) is 6.08 Å². The number of anilines is 1. The summed E-state index contributed by atoms with van der Waals surface area (Å²) in [7, 11) is 0. The molecule has 37 heavy (non-hydrogen) atoms. The molecule has 1 saturated heterocycles. The van der Waals surface area contributed by atoms with Crippen LogP contribution in [0, 0.1) is 13.8 Å². The van der Waals surface area contributed by atoms with Gasteiger partial charge >= 0.3 is 6.03 Å². The predicted molar refractivity (Wildman–Crippen MR) is 143 cm³/mol. The Morgan fingerprint density at radius 1 is 0.892 bits per heavy atom. The molecule has 1 N–H and O–H groups in total. The molecule has 7 heteroatoms. The number of nitrogens with zero attached hydrogens (tertiary/aromatic N) is 1. The van der Waals surface area contributed by atoms with Gasteiger partial charge in [0.25, 0.3) is 11.8 Å². The Morgan fingerprint density at radius 3 is 2.38 bits per heavy atom. The molecule has 0 atom stereocenters. The molecule has 4 amide bonds. The molecule has 0 radical (unpaired) electrons. The number of rotatable bonds is 9. The van der Waals surface area contributed by atoms with E-state index in [-0.39, 0.29) is 5.57 Å². The van der Waals surface area contributed by atoms with Crippen LogP contribution in [-0.4, -0.2) is 24.5 Å². The van der Waals surface area contributed by atoms with Crippen LogP contribution in [0.15, 0.2) is 72.3 Å². The lowest BCUT2D eigenvalue weighted by Gasteiger charge is -2.26. The highest BCUT2D eigenvalue weighted by Gasteiger charge is 2.37. The zero-order chi connectivity index (χ0) is 26.4. The molecule has 3 aromatic rings. The number of hydrogen-bond donors (Lipinski definition) is 1. The van der Waals surface area contributed by atoms with Crippen molar-refractivity contribution in [2.24, 2.45) is 0 Å². The minimum Gasteiger partial charge on any atom is -0.494 e. The average Bonchev–Trinajstić information content (AvgIpc) is 2.89. The van der Waals surface area contributed by atoms with Gasteiger partial charge in [-0.25, -0.2) is 9.69 Å². The van der Waals surface area contributed by atoms with Crippen LogP contribution in [0.2, 0.25) is 0 Å². The number of carbonyl (C=O) groups excluding carboxylic acids is 3. The molecule has 0 aliphatic carbocycles. The summed E-state index contributed by atoms with van der Waals surface area (Å²) in [5.74, 6) is -0.304. The van der Waals surface area contributed by atoms with E-state index in [0.717, 1.165) is 23.3 Å². The molecule has 1 aliphatic heterocycles. The fourth-order valence-electron chi connectivity index (χ4n) is 3.86. The molecule has 0 bridgehead atoms. The predicted octanol–water partition coefficient (Wildman–Crippen LogP) is 5.73. The molecule has 190 valence electrons. The van der Waals surface area contributed by atoms with Crippen LogP contribution in [0.5, 0.6) is 11.5 Å². The minimum absolute atomic E-state index is 0.162. The second-order valence-electron chi connectivity index (χ2n) is 8.90. The van der Waals surface area contributed by atoms with Crippen LogP contribution in [-0.2, 0) is 16.2 Å². The molecule has 0 unspecified atom stereocenters. The Hall–Kier alpha value is -4.39. The Kier molecular flexibility index (Phi) is 8.03. The van der Waals surface area contributed by atoms with E-state index < -0.39 is 17.8 Å². The summed E-state index contributed by atoms with van der Waals surface area (Å²) in [5, 5.41) is 2.26. The van der Waals surface area contributed by atoms with E-state index in [1.807, 2.05) is 25.1 Å². The zero-order valence-corrected chi connectivity index (χ0v) is 21.2. The van der Waals surface area contributed by atoms with Crippen molar-refractivity contribution in [3.05, 3.63) is 94.6 Å². The first kappa shape index (κ1) is 25.7. The number of para-hydroxylation sites is 1. The number of ether oxygens (including phenoxy) is 2. The number of hydrogen-bond acceptors (Lipinski definition) is 5. The van der Waals surface area contributed by atoms with Gasteiger partial charge in [-0.3, -0.25) is 14.9 Å². The zero-order valence-electron chi connectivity index (χ0n) is 21.2. The molecule has 1 fully saturated rings. The second-order valence-corrected chi connectivity index (χ2v) is 8.90. The molecule has 0 aromatic heterocycles. The molecular weight excluding hydrogens is 468 g/mol. The lowest BCUT2D eigenvalue weighted by Crippen LogP contribution is -2.54. The third-order valence-electron chi connectivity index (χ3n) is 6.15. The molecule has 0 saturated carbocycles. The van der Waals surface area contributed by atoms with Crippen molar-refractivity contribution in [1.29, 1.82) is 0 Å². The number of barbiturate groups is 1. The summed E-state index contributed by atoms with van der Waals surface area (Å²) in [6.45, 7) is 7.10. The quantitative estimate of drug-likeness (QED) is 0.231. The van der Waals surface area contributed by atoms with Gasteiger partial charge in [0.05, 0.1) is 12.3 Å². The highest BCUT2D eigenvalue weighted by molar-refractivity contribution is 6.39. The number of aryl methyl sites for hydroxylation is 2. The van der Waals surface area contributed by atoms with E-state index in [4.69, 9.17) is 9.47 Å². The van der Waals surface area contributed by atoms with Crippen molar-refractivity contribution in [1.82, 2.24) is 5.32 Å². The van der Waals surface area contributed by atoms with Gasteiger partial charge in [-0.15, -0.1) is 0 Å². The number of nitrogens with one attached hydrogen (secondary N) is 1. The number of unbranched alkanes of at least 4 members (excludes halogenated alkanes) is 1. The summed E-state index contributed by atoms with van der Waals surface area (Å²) < 4.78 is 11.7. The van der Waals surface area contributed by atoms with Gasteiger partial charge in [0.15, 0.2) is 0 Å². The molecule has 7 nitrogen and oxygen atoms in total. The van der Waals surface area contributed by atoms with Crippen LogP contribution >= 0.6 is 0 Å². The first-order valence-electron chi connectivity index (χ1n) is 12.3. The first-order chi connectivity index (χ1) is 17.9. The van der Waals surface area contributed by atoms with Crippen LogP contribution in [0.1, 0.15) is 42.0 Å². The standard InChI is InChI=1S/C30H30N2O5/c1-4-5-16-36-25-14-12-24(13-15-25)32-29(34)26(28(33)31-30(32)35)18-23-8-6-7-9-27(23)37-19-22-11-10-20(2)21(3)17-22/h6-15,17-18H,4-5,16,19H2,1-3H3,(H,31,33,35)/b26-18-. The smallest absolute Gasteiger partial charge is 0.335 e. The first-order valence-corrected chi connectivity index (χ1v) is 12.3. The summed E-state index contributed by atoms with van der Waals surface area (Å²) in [6.07, 6.45) is 3.40. The van der Waals surface area contributed by atoms with Gasteiger partial charge in [0.1, 0.15) is 23.7 Å². The number of amides is 4.